The van der Waals surface area contributed by atoms with Gasteiger partial charge in [0, 0.05) is 4.47 Å². The summed E-state index contributed by atoms with van der Waals surface area (Å²) in [5.74, 6) is 0. The number of rotatable bonds is 4. The third-order valence-corrected chi connectivity index (χ3v) is 3.65. The Morgan fingerprint density at radius 2 is 1.71 bits per heavy atom. The minimum atomic E-state index is -4.30. The Hall–Kier alpha value is -1.33. The molecule has 0 aromatic heterocycles. The van der Waals surface area contributed by atoms with E-state index in [9.17, 15) is 13.2 Å². The van der Waals surface area contributed by atoms with Crippen LogP contribution in [0.4, 0.5) is 13.2 Å². The van der Waals surface area contributed by atoms with E-state index in [1.165, 1.54) is 12.1 Å². The van der Waals surface area contributed by atoms with E-state index in [1.807, 2.05) is 31.2 Å². The highest BCUT2D eigenvalue weighted by molar-refractivity contribution is 9.10. The molecule has 112 valence electrons. The smallest absolute Gasteiger partial charge is 0.307 e. The van der Waals surface area contributed by atoms with Crippen molar-refractivity contribution in [2.75, 3.05) is 6.54 Å². The fourth-order valence-corrected chi connectivity index (χ4v) is 2.60. The zero-order valence-corrected chi connectivity index (χ0v) is 13.0. The highest BCUT2D eigenvalue weighted by Gasteiger charge is 2.30. The molecule has 0 aliphatic rings. The second-order valence-corrected chi connectivity index (χ2v) is 5.58. The van der Waals surface area contributed by atoms with Crippen molar-refractivity contribution in [3.63, 3.8) is 0 Å². The van der Waals surface area contributed by atoms with Gasteiger partial charge in [-0.25, -0.2) is 0 Å². The second-order valence-electron chi connectivity index (χ2n) is 4.67. The maximum absolute atomic E-state index is 12.6. The van der Waals surface area contributed by atoms with Crippen LogP contribution in [-0.2, 0) is 6.18 Å². The minimum absolute atomic E-state index is 0.130. The number of halogens is 4. The fourth-order valence-electron chi connectivity index (χ4n) is 2.18. The van der Waals surface area contributed by atoms with Gasteiger partial charge < -0.3 is 5.32 Å². The summed E-state index contributed by atoms with van der Waals surface area (Å²) in [7, 11) is 0. The lowest BCUT2D eigenvalue weighted by Gasteiger charge is -2.20. The molecule has 2 aromatic carbocycles. The van der Waals surface area contributed by atoms with Crippen molar-refractivity contribution in [3.8, 4) is 0 Å². The quantitative estimate of drug-likeness (QED) is 0.796. The molecule has 5 heteroatoms. The summed E-state index contributed by atoms with van der Waals surface area (Å²) >= 11 is 3.42. The van der Waals surface area contributed by atoms with Crippen LogP contribution < -0.4 is 5.32 Å². The van der Waals surface area contributed by atoms with E-state index >= 15 is 0 Å². The first-order chi connectivity index (χ1) is 9.91. The van der Waals surface area contributed by atoms with E-state index in [2.05, 4.69) is 21.2 Å². The van der Waals surface area contributed by atoms with E-state index < -0.39 is 11.7 Å². The molecular weight excluding hydrogens is 343 g/mol. The first-order valence-corrected chi connectivity index (χ1v) is 7.37. The summed E-state index contributed by atoms with van der Waals surface area (Å²) < 4.78 is 38.8. The van der Waals surface area contributed by atoms with Crippen LogP contribution in [0.5, 0.6) is 0 Å². The molecule has 0 aliphatic carbocycles. The number of nitrogens with one attached hydrogen (secondary N) is 1. The molecule has 2 aromatic rings. The van der Waals surface area contributed by atoms with Crippen LogP contribution in [0.2, 0.25) is 0 Å². The van der Waals surface area contributed by atoms with E-state index in [4.69, 9.17) is 0 Å². The highest BCUT2D eigenvalue weighted by Crippen LogP contribution is 2.31. The van der Waals surface area contributed by atoms with Gasteiger partial charge in [0.1, 0.15) is 0 Å². The van der Waals surface area contributed by atoms with Crippen molar-refractivity contribution in [3.05, 3.63) is 69.7 Å². The van der Waals surface area contributed by atoms with Crippen molar-refractivity contribution >= 4 is 15.9 Å². The van der Waals surface area contributed by atoms with Crippen LogP contribution in [-0.4, -0.2) is 6.54 Å². The molecule has 0 fully saturated rings. The average Bonchev–Trinajstić information content (AvgIpc) is 2.44. The lowest BCUT2D eigenvalue weighted by Crippen LogP contribution is -2.22. The molecule has 1 unspecified atom stereocenters. The number of hydrogen-bond acceptors (Lipinski definition) is 1. The first-order valence-electron chi connectivity index (χ1n) is 6.58. The molecular formula is C16H15BrF3N. The van der Waals surface area contributed by atoms with Crippen LogP contribution in [0.25, 0.3) is 0 Å². The first kappa shape index (κ1) is 16.0. The second kappa shape index (κ2) is 6.62. The Morgan fingerprint density at radius 1 is 1.05 bits per heavy atom. The summed E-state index contributed by atoms with van der Waals surface area (Å²) in [6.07, 6.45) is -4.30. The van der Waals surface area contributed by atoms with Crippen molar-refractivity contribution in [2.24, 2.45) is 0 Å². The van der Waals surface area contributed by atoms with Crippen molar-refractivity contribution in [2.45, 2.75) is 19.1 Å². The topological polar surface area (TPSA) is 12.0 Å². The molecule has 1 atom stereocenters. The van der Waals surface area contributed by atoms with Gasteiger partial charge in [0.05, 0.1) is 11.6 Å². The van der Waals surface area contributed by atoms with Gasteiger partial charge in [0.2, 0.25) is 0 Å². The molecule has 0 saturated heterocycles. The lowest BCUT2D eigenvalue weighted by molar-refractivity contribution is -0.137. The van der Waals surface area contributed by atoms with E-state index in [1.54, 1.807) is 0 Å². The Bertz CT molecular complexity index is 593. The predicted molar refractivity (Wildman–Crippen MR) is 81.1 cm³/mol. The molecule has 1 N–H and O–H groups in total. The van der Waals surface area contributed by atoms with Crippen LogP contribution in [0, 0.1) is 0 Å². The largest absolute Gasteiger partial charge is 0.416 e. The van der Waals surface area contributed by atoms with Gasteiger partial charge in [-0.1, -0.05) is 47.1 Å². The summed E-state index contributed by atoms with van der Waals surface area (Å²) in [6.45, 7) is 2.69. The van der Waals surface area contributed by atoms with Crippen LogP contribution in [0.1, 0.15) is 29.7 Å². The third-order valence-electron chi connectivity index (χ3n) is 3.16. The third kappa shape index (κ3) is 4.08. The minimum Gasteiger partial charge on any atom is -0.307 e. The van der Waals surface area contributed by atoms with E-state index in [-0.39, 0.29) is 6.04 Å². The van der Waals surface area contributed by atoms with Gasteiger partial charge in [-0.3, -0.25) is 0 Å². The molecule has 0 saturated carbocycles. The van der Waals surface area contributed by atoms with E-state index in [0.29, 0.717) is 0 Å². The maximum Gasteiger partial charge on any atom is 0.416 e. The Kier molecular flexibility index (Phi) is 5.06. The van der Waals surface area contributed by atoms with Gasteiger partial charge in [0.25, 0.3) is 0 Å². The molecule has 0 amide bonds. The zero-order chi connectivity index (χ0) is 15.5. The normalized spacial score (nSPS) is 13.2. The molecule has 0 heterocycles. The maximum atomic E-state index is 12.6. The summed E-state index contributed by atoms with van der Waals surface area (Å²) in [5, 5.41) is 3.30. The molecule has 1 nitrogen and oxygen atoms in total. The molecule has 2 rings (SSSR count). The standard InChI is InChI=1S/C16H15BrF3N/c1-2-21-15(12-4-3-5-14(17)10-12)11-6-8-13(9-7-11)16(18,19)20/h3-10,15,21H,2H2,1H3. The van der Waals surface area contributed by atoms with Crippen LogP contribution >= 0.6 is 15.9 Å². The van der Waals surface area contributed by atoms with Crippen molar-refractivity contribution in [1.29, 1.82) is 0 Å². The number of hydrogen-bond donors (Lipinski definition) is 1. The molecule has 21 heavy (non-hydrogen) atoms. The van der Waals surface area contributed by atoms with Crippen molar-refractivity contribution in [1.82, 2.24) is 5.32 Å². The number of benzene rings is 2. The molecule has 0 bridgehead atoms. The highest BCUT2D eigenvalue weighted by atomic mass is 79.9. The van der Waals surface area contributed by atoms with Crippen LogP contribution in [0.3, 0.4) is 0 Å². The van der Waals surface area contributed by atoms with Crippen molar-refractivity contribution < 1.29 is 13.2 Å². The Labute approximate surface area is 130 Å². The Balaban J connectivity index is 2.34. The van der Waals surface area contributed by atoms with Gasteiger partial charge in [-0.2, -0.15) is 13.2 Å². The van der Waals surface area contributed by atoms with Gasteiger partial charge in [0.15, 0.2) is 0 Å². The van der Waals surface area contributed by atoms with E-state index in [0.717, 1.165) is 34.3 Å². The average molecular weight is 358 g/mol. The molecule has 0 radical (unpaired) electrons. The van der Waals surface area contributed by atoms with Crippen LogP contribution in [0.15, 0.2) is 53.0 Å². The fraction of sp³-hybridized carbons (Fsp3) is 0.250. The summed E-state index contributed by atoms with van der Waals surface area (Å²) in [4.78, 5) is 0. The predicted octanol–water partition coefficient (Wildman–Crippen LogP) is 5.17. The molecule has 0 aliphatic heterocycles. The van der Waals surface area contributed by atoms with Gasteiger partial charge >= 0.3 is 6.18 Å². The summed E-state index contributed by atoms with van der Waals surface area (Å²) in [5.41, 5.74) is 1.18. The summed E-state index contributed by atoms with van der Waals surface area (Å²) in [6, 6.07) is 12.9. The zero-order valence-electron chi connectivity index (χ0n) is 11.4. The van der Waals surface area contributed by atoms with Gasteiger partial charge in [-0.05, 0) is 41.9 Å². The lowest BCUT2D eigenvalue weighted by atomic mass is 9.97. The Morgan fingerprint density at radius 3 is 2.24 bits per heavy atom. The number of alkyl halides is 3. The molecule has 0 spiro atoms. The monoisotopic (exact) mass is 357 g/mol. The van der Waals surface area contributed by atoms with Gasteiger partial charge in [-0.15, -0.1) is 0 Å². The SMILES string of the molecule is CCNC(c1ccc(C(F)(F)F)cc1)c1cccc(Br)c1.